The van der Waals surface area contributed by atoms with E-state index < -0.39 is 0 Å². The van der Waals surface area contributed by atoms with Crippen LogP contribution in [0.5, 0.6) is 0 Å². The number of fused-ring (bicyclic) bond motifs is 1. The van der Waals surface area contributed by atoms with Crippen LogP contribution < -0.4 is 10.9 Å². The number of nitrogens with zero attached hydrogens (tertiary/aromatic N) is 4. The van der Waals surface area contributed by atoms with E-state index in [1.807, 2.05) is 69.3 Å². The van der Waals surface area contributed by atoms with Crippen molar-refractivity contribution in [1.82, 2.24) is 19.7 Å². The average Bonchev–Trinajstić information content (AvgIpc) is 3.51. The van der Waals surface area contributed by atoms with Crippen molar-refractivity contribution in [3.63, 3.8) is 0 Å². The van der Waals surface area contributed by atoms with E-state index in [2.05, 4.69) is 15.5 Å². The predicted octanol–water partition coefficient (Wildman–Crippen LogP) is 4.65. The molecule has 174 valence electrons. The van der Waals surface area contributed by atoms with Crippen LogP contribution in [0.2, 0.25) is 0 Å². The molecule has 1 fully saturated rings. The largest absolute Gasteiger partial charge is 0.338 e. The standard InChI is InChI=1S/C26H27N5O3/c1-26(2,3)25-29-23(30-34-25)16-8-10-17(11-9-16)27-22(32)15-14-21-28-20-7-5-4-6-19(20)24(33)31(21)18-12-13-18/h4-11,18H,12-15H2,1-3H3,(H,27,32). The third-order valence-electron chi connectivity index (χ3n) is 5.86. The maximum absolute atomic E-state index is 13.0. The first-order valence-electron chi connectivity index (χ1n) is 11.5. The Hall–Kier alpha value is -3.81. The lowest BCUT2D eigenvalue weighted by Gasteiger charge is -2.13. The van der Waals surface area contributed by atoms with E-state index in [1.54, 1.807) is 4.57 Å². The fourth-order valence-electron chi connectivity index (χ4n) is 3.87. The molecule has 0 aliphatic heterocycles. The van der Waals surface area contributed by atoms with Crippen molar-refractivity contribution in [2.75, 3.05) is 5.32 Å². The highest BCUT2D eigenvalue weighted by atomic mass is 16.5. The summed E-state index contributed by atoms with van der Waals surface area (Å²) in [4.78, 5) is 34.8. The normalized spacial score (nSPS) is 13.9. The van der Waals surface area contributed by atoms with Crippen molar-refractivity contribution in [3.05, 3.63) is 70.6 Å². The zero-order chi connectivity index (χ0) is 23.9. The highest BCUT2D eigenvalue weighted by Crippen LogP contribution is 2.35. The molecule has 0 unspecified atom stereocenters. The maximum Gasteiger partial charge on any atom is 0.261 e. The second-order valence-electron chi connectivity index (χ2n) is 9.75. The summed E-state index contributed by atoms with van der Waals surface area (Å²) < 4.78 is 7.14. The lowest BCUT2D eigenvalue weighted by atomic mass is 9.97. The van der Waals surface area contributed by atoms with Gasteiger partial charge in [-0.3, -0.25) is 14.2 Å². The third kappa shape index (κ3) is 4.48. The second kappa shape index (κ2) is 8.52. The fourth-order valence-corrected chi connectivity index (χ4v) is 3.87. The van der Waals surface area contributed by atoms with Crippen LogP contribution in [0.3, 0.4) is 0 Å². The molecular formula is C26H27N5O3. The van der Waals surface area contributed by atoms with Crippen molar-refractivity contribution in [3.8, 4) is 11.4 Å². The minimum Gasteiger partial charge on any atom is -0.338 e. The summed E-state index contributed by atoms with van der Waals surface area (Å²) in [6.45, 7) is 6.04. The maximum atomic E-state index is 13.0. The highest BCUT2D eigenvalue weighted by Gasteiger charge is 2.28. The van der Waals surface area contributed by atoms with Gasteiger partial charge in [0.2, 0.25) is 17.6 Å². The number of carbonyl (C=O) groups is 1. The van der Waals surface area contributed by atoms with Crippen LogP contribution in [0.15, 0.2) is 57.8 Å². The van der Waals surface area contributed by atoms with Crippen LogP contribution in [0, 0.1) is 0 Å². The van der Waals surface area contributed by atoms with Gasteiger partial charge in [-0.05, 0) is 49.2 Å². The molecule has 5 rings (SSSR count). The first-order chi connectivity index (χ1) is 16.3. The van der Waals surface area contributed by atoms with E-state index in [1.165, 1.54) is 0 Å². The monoisotopic (exact) mass is 457 g/mol. The quantitative estimate of drug-likeness (QED) is 0.452. The molecule has 1 aliphatic carbocycles. The summed E-state index contributed by atoms with van der Waals surface area (Å²) >= 11 is 0. The van der Waals surface area contributed by atoms with Crippen molar-refractivity contribution in [2.45, 2.75) is 57.9 Å². The molecule has 8 heteroatoms. The number of hydrogen-bond donors (Lipinski definition) is 1. The summed E-state index contributed by atoms with van der Waals surface area (Å²) in [6, 6.07) is 14.9. The van der Waals surface area contributed by atoms with Gasteiger partial charge in [-0.1, -0.05) is 38.1 Å². The smallest absolute Gasteiger partial charge is 0.261 e. The van der Waals surface area contributed by atoms with E-state index >= 15 is 0 Å². The van der Waals surface area contributed by atoms with Gasteiger partial charge in [-0.15, -0.1) is 0 Å². The van der Waals surface area contributed by atoms with Gasteiger partial charge < -0.3 is 9.84 Å². The van der Waals surface area contributed by atoms with Crippen LogP contribution in [-0.4, -0.2) is 25.6 Å². The molecule has 2 aromatic carbocycles. The number of rotatable bonds is 6. The number of hydrogen-bond acceptors (Lipinski definition) is 6. The Balaban J connectivity index is 1.26. The number of aryl methyl sites for hydroxylation is 1. The summed E-state index contributed by atoms with van der Waals surface area (Å²) in [5.74, 6) is 1.63. The van der Waals surface area contributed by atoms with Crippen LogP contribution in [0.4, 0.5) is 5.69 Å². The van der Waals surface area contributed by atoms with Gasteiger partial charge in [0.25, 0.3) is 5.56 Å². The summed E-state index contributed by atoms with van der Waals surface area (Å²) in [5.41, 5.74) is 1.93. The topological polar surface area (TPSA) is 103 Å². The van der Waals surface area contributed by atoms with Gasteiger partial charge in [0, 0.05) is 35.5 Å². The average molecular weight is 458 g/mol. The van der Waals surface area contributed by atoms with Gasteiger partial charge in [-0.25, -0.2) is 4.98 Å². The zero-order valence-corrected chi connectivity index (χ0v) is 19.5. The molecule has 0 spiro atoms. The van der Waals surface area contributed by atoms with Crippen LogP contribution in [0.1, 0.15) is 57.8 Å². The highest BCUT2D eigenvalue weighted by molar-refractivity contribution is 5.91. The van der Waals surface area contributed by atoms with Gasteiger partial charge in [0.1, 0.15) is 5.82 Å². The lowest BCUT2D eigenvalue weighted by molar-refractivity contribution is -0.116. The first kappa shape index (κ1) is 22.0. The second-order valence-corrected chi connectivity index (χ2v) is 9.75. The van der Waals surface area contributed by atoms with Crippen molar-refractivity contribution < 1.29 is 9.32 Å². The SMILES string of the molecule is CC(C)(C)c1nc(-c2ccc(NC(=O)CCc3nc4ccccc4c(=O)n3C3CC3)cc2)no1. The first-order valence-corrected chi connectivity index (χ1v) is 11.5. The van der Waals surface area contributed by atoms with Crippen LogP contribution in [0.25, 0.3) is 22.3 Å². The number of aromatic nitrogens is 4. The Morgan fingerprint density at radius 1 is 1.09 bits per heavy atom. The molecular weight excluding hydrogens is 430 g/mol. The van der Waals surface area contributed by atoms with E-state index in [0.29, 0.717) is 40.6 Å². The Morgan fingerprint density at radius 3 is 2.50 bits per heavy atom. The number of benzene rings is 2. The molecule has 1 amide bonds. The van der Waals surface area contributed by atoms with Crippen LogP contribution in [-0.2, 0) is 16.6 Å². The number of amides is 1. The molecule has 8 nitrogen and oxygen atoms in total. The Labute approximate surface area is 197 Å². The Kier molecular flexibility index (Phi) is 5.51. The van der Waals surface area contributed by atoms with Crippen LogP contribution >= 0.6 is 0 Å². The molecule has 1 saturated carbocycles. The molecule has 0 radical (unpaired) electrons. The summed E-state index contributed by atoms with van der Waals surface area (Å²) in [6.07, 6.45) is 2.59. The molecule has 0 bridgehead atoms. The summed E-state index contributed by atoms with van der Waals surface area (Å²) in [5, 5.41) is 7.60. The van der Waals surface area contributed by atoms with Gasteiger partial charge in [0.15, 0.2) is 0 Å². The minimum atomic E-state index is -0.219. The number of carbonyl (C=O) groups excluding carboxylic acids is 1. The van der Waals surface area contributed by atoms with Gasteiger partial charge >= 0.3 is 0 Å². The minimum absolute atomic E-state index is 0.0184. The molecule has 4 aromatic rings. The fraction of sp³-hybridized carbons (Fsp3) is 0.346. The van der Waals surface area contributed by atoms with E-state index in [-0.39, 0.29) is 29.3 Å². The van der Waals surface area contributed by atoms with E-state index in [0.717, 1.165) is 18.4 Å². The van der Waals surface area contributed by atoms with Crippen molar-refractivity contribution in [2.24, 2.45) is 0 Å². The molecule has 34 heavy (non-hydrogen) atoms. The number of para-hydroxylation sites is 1. The van der Waals surface area contributed by atoms with Gasteiger partial charge in [-0.2, -0.15) is 4.98 Å². The van der Waals surface area contributed by atoms with E-state index in [4.69, 9.17) is 9.51 Å². The molecule has 1 aliphatic rings. The molecule has 2 heterocycles. The molecule has 0 atom stereocenters. The lowest BCUT2D eigenvalue weighted by Crippen LogP contribution is -2.25. The van der Waals surface area contributed by atoms with E-state index in [9.17, 15) is 9.59 Å². The predicted molar refractivity (Wildman–Crippen MR) is 130 cm³/mol. The van der Waals surface area contributed by atoms with Gasteiger partial charge in [0.05, 0.1) is 10.9 Å². The molecule has 2 aromatic heterocycles. The third-order valence-corrected chi connectivity index (χ3v) is 5.86. The Morgan fingerprint density at radius 2 is 1.82 bits per heavy atom. The number of anilines is 1. The summed E-state index contributed by atoms with van der Waals surface area (Å²) in [7, 11) is 0. The van der Waals surface area contributed by atoms with Crippen molar-refractivity contribution >= 4 is 22.5 Å². The Bertz CT molecular complexity index is 1410. The number of nitrogens with one attached hydrogen (secondary N) is 1. The van der Waals surface area contributed by atoms with Crippen molar-refractivity contribution in [1.29, 1.82) is 0 Å². The zero-order valence-electron chi connectivity index (χ0n) is 19.5. The molecule has 0 saturated heterocycles. The molecule has 1 N–H and O–H groups in total.